The van der Waals surface area contributed by atoms with Crippen molar-refractivity contribution >= 4 is 23.8 Å². The van der Waals surface area contributed by atoms with E-state index < -0.39 is 12.0 Å². The molecule has 0 unspecified atom stereocenters. The summed E-state index contributed by atoms with van der Waals surface area (Å²) in [5, 5.41) is 14.5. The summed E-state index contributed by atoms with van der Waals surface area (Å²) in [7, 11) is 0. The monoisotopic (exact) mass is 391 g/mol. The van der Waals surface area contributed by atoms with Crippen LogP contribution in [-0.4, -0.2) is 45.2 Å². The molecule has 1 aliphatic rings. The van der Waals surface area contributed by atoms with Crippen LogP contribution in [0, 0.1) is 0 Å². The molecule has 2 aromatic heterocycles. The lowest BCUT2D eigenvalue weighted by Gasteiger charge is -2.26. The van der Waals surface area contributed by atoms with Crippen LogP contribution >= 0.6 is 11.8 Å². The van der Waals surface area contributed by atoms with Gasteiger partial charge < -0.3 is 19.8 Å². The van der Waals surface area contributed by atoms with E-state index in [1.54, 1.807) is 26.2 Å². The highest BCUT2D eigenvalue weighted by atomic mass is 32.2. The summed E-state index contributed by atoms with van der Waals surface area (Å²) in [6.45, 7) is 6.39. The molecule has 2 amide bonds. The van der Waals surface area contributed by atoms with Crippen molar-refractivity contribution < 1.29 is 18.7 Å². The summed E-state index contributed by atoms with van der Waals surface area (Å²) in [6.07, 6.45) is 1.58. The van der Waals surface area contributed by atoms with Crippen LogP contribution in [0.5, 0.6) is 0 Å². The van der Waals surface area contributed by atoms with Gasteiger partial charge in [-0.1, -0.05) is 11.8 Å². The fourth-order valence-electron chi connectivity index (χ4n) is 2.80. The van der Waals surface area contributed by atoms with Crippen LogP contribution in [0.3, 0.4) is 0 Å². The van der Waals surface area contributed by atoms with Gasteiger partial charge in [-0.15, -0.1) is 10.2 Å². The molecule has 9 nitrogen and oxygen atoms in total. The molecule has 0 radical (unpaired) electrons. The molecular weight excluding hydrogens is 370 g/mol. The fourth-order valence-corrected chi connectivity index (χ4v) is 3.77. The average molecular weight is 391 g/mol. The molecule has 0 saturated heterocycles. The quantitative estimate of drug-likeness (QED) is 0.549. The number of amides is 2. The van der Waals surface area contributed by atoms with Gasteiger partial charge in [0.2, 0.25) is 0 Å². The molecular formula is C17H21N5O4S. The largest absolute Gasteiger partial charge is 0.463 e. The Morgan fingerprint density at radius 3 is 2.89 bits per heavy atom. The Kier molecular flexibility index (Phi) is 5.84. The van der Waals surface area contributed by atoms with Crippen molar-refractivity contribution in [3.05, 3.63) is 29.7 Å². The van der Waals surface area contributed by atoms with Crippen LogP contribution in [0.25, 0.3) is 11.6 Å². The first-order valence-corrected chi connectivity index (χ1v) is 9.61. The number of thioether (sulfide) groups is 1. The predicted molar refractivity (Wildman–Crippen MR) is 98.9 cm³/mol. The van der Waals surface area contributed by atoms with Crippen LogP contribution in [-0.2, 0) is 16.1 Å². The molecule has 0 saturated carbocycles. The van der Waals surface area contributed by atoms with Gasteiger partial charge in [0, 0.05) is 18.0 Å². The van der Waals surface area contributed by atoms with E-state index in [-0.39, 0.29) is 12.6 Å². The van der Waals surface area contributed by atoms with Gasteiger partial charge in [0.1, 0.15) is 0 Å². The zero-order valence-corrected chi connectivity index (χ0v) is 16.1. The number of carbonyl (C=O) groups is 2. The smallest absolute Gasteiger partial charge is 0.337 e. The number of urea groups is 1. The zero-order chi connectivity index (χ0) is 19.4. The lowest BCUT2D eigenvalue weighted by Crippen LogP contribution is -2.49. The maximum atomic E-state index is 12.3. The minimum absolute atomic E-state index is 0.264. The number of hydrogen-bond donors (Lipinski definition) is 2. The highest BCUT2D eigenvalue weighted by molar-refractivity contribution is 7.99. The Bertz CT molecular complexity index is 859. The Labute approximate surface area is 160 Å². The Morgan fingerprint density at radius 2 is 2.22 bits per heavy atom. The number of esters is 1. The third-order valence-electron chi connectivity index (χ3n) is 3.99. The first-order chi connectivity index (χ1) is 13.0. The Balaban J connectivity index is 1.84. The van der Waals surface area contributed by atoms with Crippen molar-refractivity contribution in [2.75, 3.05) is 12.4 Å². The van der Waals surface area contributed by atoms with E-state index in [1.807, 2.05) is 17.6 Å². The molecule has 0 aliphatic carbocycles. The summed E-state index contributed by atoms with van der Waals surface area (Å²) in [5.41, 5.74) is 0.928. The van der Waals surface area contributed by atoms with E-state index in [2.05, 4.69) is 20.8 Å². The van der Waals surface area contributed by atoms with E-state index in [0.29, 0.717) is 40.3 Å². The van der Waals surface area contributed by atoms with Crippen LogP contribution in [0.2, 0.25) is 0 Å². The third kappa shape index (κ3) is 4.00. The zero-order valence-electron chi connectivity index (χ0n) is 15.3. The van der Waals surface area contributed by atoms with Gasteiger partial charge >= 0.3 is 12.0 Å². The van der Waals surface area contributed by atoms with Crippen molar-refractivity contribution in [2.45, 2.75) is 38.5 Å². The Hall–Kier alpha value is -2.75. The number of nitrogens with one attached hydrogen (secondary N) is 2. The van der Waals surface area contributed by atoms with E-state index >= 15 is 0 Å². The fraction of sp³-hybridized carbons (Fsp3) is 0.412. The van der Waals surface area contributed by atoms with Crippen molar-refractivity contribution in [3.8, 4) is 11.6 Å². The van der Waals surface area contributed by atoms with Crippen molar-refractivity contribution in [2.24, 2.45) is 0 Å². The van der Waals surface area contributed by atoms with Crippen molar-refractivity contribution in [3.63, 3.8) is 0 Å². The highest BCUT2D eigenvalue weighted by Crippen LogP contribution is 2.27. The first kappa shape index (κ1) is 19.0. The SMILES string of the molecule is CCOC(=O)C1=C(CSc2nnc(-c3ccco3)n2CC)NC(=O)N[C@H]1C. The molecule has 0 aromatic carbocycles. The molecule has 1 atom stereocenters. The molecule has 2 N–H and O–H groups in total. The van der Waals surface area contributed by atoms with Gasteiger partial charge in [0.05, 0.1) is 24.5 Å². The molecule has 2 aromatic rings. The summed E-state index contributed by atoms with van der Waals surface area (Å²) < 4.78 is 12.4. The number of aromatic nitrogens is 3. The minimum atomic E-state index is -0.443. The van der Waals surface area contributed by atoms with E-state index in [9.17, 15) is 9.59 Å². The van der Waals surface area contributed by atoms with E-state index in [0.717, 1.165) is 0 Å². The molecule has 27 heavy (non-hydrogen) atoms. The summed E-state index contributed by atoms with van der Waals surface area (Å²) in [5.74, 6) is 1.17. The maximum Gasteiger partial charge on any atom is 0.337 e. The summed E-state index contributed by atoms with van der Waals surface area (Å²) >= 11 is 1.38. The maximum absolute atomic E-state index is 12.3. The number of furan rings is 1. The number of nitrogens with zero attached hydrogens (tertiary/aromatic N) is 3. The average Bonchev–Trinajstić information content (AvgIpc) is 3.28. The molecule has 0 fully saturated rings. The minimum Gasteiger partial charge on any atom is -0.463 e. The molecule has 3 heterocycles. The van der Waals surface area contributed by atoms with Crippen molar-refractivity contribution in [1.82, 2.24) is 25.4 Å². The molecule has 0 bridgehead atoms. The molecule has 10 heteroatoms. The number of hydrogen-bond acceptors (Lipinski definition) is 7. The lowest BCUT2D eigenvalue weighted by molar-refractivity contribution is -0.138. The van der Waals surface area contributed by atoms with Gasteiger partial charge in [0.15, 0.2) is 16.7 Å². The lowest BCUT2D eigenvalue weighted by atomic mass is 10.1. The Morgan fingerprint density at radius 1 is 1.41 bits per heavy atom. The summed E-state index contributed by atoms with van der Waals surface area (Å²) in [4.78, 5) is 24.1. The van der Waals surface area contributed by atoms with E-state index in [1.165, 1.54) is 11.8 Å². The van der Waals surface area contributed by atoms with Crippen LogP contribution in [0.15, 0.2) is 39.2 Å². The molecule has 1 aliphatic heterocycles. The topological polar surface area (TPSA) is 111 Å². The number of ether oxygens (including phenoxy) is 1. The summed E-state index contributed by atoms with van der Waals surface area (Å²) in [6, 6.07) is 2.83. The van der Waals surface area contributed by atoms with Gasteiger partial charge in [-0.2, -0.15) is 0 Å². The second kappa shape index (κ2) is 8.30. The standard InChI is InChI=1S/C17H21N5O4S/c1-4-22-14(12-7-6-8-26-12)20-21-17(22)27-9-11-13(15(23)25-5-2)10(3)18-16(24)19-11/h6-8,10H,4-5,9H2,1-3H3,(H2,18,19,24)/t10-/m0/s1. The third-order valence-corrected chi connectivity index (χ3v) is 4.98. The van der Waals surface area contributed by atoms with Gasteiger partial charge in [-0.05, 0) is 32.9 Å². The van der Waals surface area contributed by atoms with Gasteiger partial charge in [-0.25, -0.2) is 9.59 Å². The van der Waals surface area contributed by atoms with Gasteiger partial charge in [-0.3, -0.25) is 4.57 Å². The van der Waals surface area contributed by atoms with Crippen LogP contribution in [0.1, 0.15) is 20.8 Å². The first-order valence-electron chi connectivity index (χ1n) is 8.62. The second-order valence-corrected chi connectivity index (χ2v) is 6.69. The molecule has 3 rings (SSSR count). The number of rotatable bonds is 7. The van der Waals surface area contributed by atoms with E-state index in [4.69, 9.17) is 9.15 Å². The number of carbonyl (C=O) groups excluding carboxylic acids is 2. The second-order valence-electron chi connectivity index (χ2n) is 5.75. The normalized spacial score (nSPS) is 16.9. The van der Waals surface area contributed by atoms with Gasteiger partial charge in [0.25, 0.3) is 0 Å². The highest BCUT2D eigenvalue weighted by Gasteiger charge is 2.30. The molecule has 0 spiro atoms. The van der Waals surface area contributed by atoms with Crippen LogP contribution < -0.4 is 10.6 Å². The van der Waals surface area contributed by atoms with Crippen LogP contribution in [0.4, 0.5) is 4.79 Å². The predicted octanol–water partition coefficient (Wildman–Crippen LogP) is 2.17. The molecule has 144 valence electrons. The van der Waals surface area contributed by atoms with Crippen molar-refractivity contribution in [1.29, 1.82) is 0 Å².